The first-order valence-electron chi connectivity index (χ1n) is 5.89. The number of nitrogens with zero attached hydrogens (tertiary/aromatic N) is 2. The van der Waals surface area contributed by atoms with E-state index in [1.807, 2.05) is 0 Å². The van der Waals surface area contributed by atoms with Gasteiger partial charge >= 0.3 is 5.69 Å². The Kier molecular flexibility index (Phi) is 4.12. The Labute approximate surface area is 112 Å². The minimum absolute atomic E-state index is 0.0337. The van der Waals surface area contributed by atoms with Crippen molar-refractivity contribution < 1.29 is 24.1 Å². The number of halogens is 1. The number of ether oxygens (including phenoxy) is 1. The molecule has 1 saturated heterocycles. The second-order valence-corrected chi connectivity index (χ2v) is 4.37. The van der Waals surface area contributed by atoms with Gasteiger partial charge < -0.3 is 20.3 Å². The summed E-state index contributed by atoms with van der Waals surface area (Å²) >= 11 is 0. The summed E-state index contributed by atoms with van der Waals surface area (Å²) in [5.41, 5.74) is -0.838. The monoisotopic (exact) mass is 287 g/mol. The molecule has 2 heterocycles. The Morgan fingerprint density at radius 1 is 1.65 bits per heavy atom. The van der Waals surface area contributed by atoms with E-state index in [0.717, 1.165) is 4.57 Å². The third kappa shape index (κ3) is 2.69. The largest absolute Gasteiger partial charge is 0.394 e. The van der Waals surface area contributed by atoms with E-state index in [9.17, 15) is 19.1 Å². The maximum absolute atomic E-state index is 13.9. The molecular formula is C11H14FN3O5. The minimum atomic E-state index is -1.86. The number of carbonyl (C=O) groups excluding carboxylic acids is 1. The number of aromatic nitrogens is 2. The number of hydrogen-bond acceptors (Lipinski definition) is 6. The molecule has 9 heteroatoms. The van der Waals surface area contributed by atoms with E-state index in [2.05, 4.69) is 10.3 Å². The summed E-state index contributed by atoms with van der Waals surface area (Å²) in [6.45, 7) is 0.692. The Balaban J connectivity index is 2.26. The van der Waals surface area contributed by atoms with Gasteiger partial charge in [0.25, 0.3) is 0 Å². The molecule has 20 heavy (non-hydrogen) atoms. The third-order valence-corrected chi connectivity index (χ3v) is 2.88. The molecule has 0 radical (unpaired) electrons. The number of anilines is 1. The second-order valence-electron chi connectivity index (χ2n) is 4.37. The molecule has 0 bridgehead atoms. The van der Waals surface area contributed by atoms with Crippen LogP contribution in [-0.2, 0) is 9.53 Å². The van der Waals surface area contributed by atoms with E-state index in [4.69, 9.17) is 9.84 Å². The predicted octanol–water partition coefficient (Wildman–Crippen LogP) is -1.21. The molecule has 3 N–H and O–H groups in total. The van der Waals surface area contributed by atoms with Gasteiger partial charge in [-0.05, 0) is 6.07 Å². The van der Waals surface area contributed by atoms with Gasteiger partial charge in [-0.1, -0.05) is 0 Å². The summed E-state index contributed by atoms with van der Waals surface area (Å²) in [6.07, 6.45) is -4.65. The normalized spacial score (nSPS) is 29.4. The lowest BCUT2D eigenvalue weighted by molar-refractivity contribution is -0.114. The van der Waals surface area contributed by atoms with Crippen molar-refractivity contribution in [2.45, 2.75) is 31.5 Å². The molecule has 4 atom stereocenters. The molecule has 0 saturated carbocycles. The topological polar surface area (TPSA) is 114 Å². The molecule has 1 amide bonds. The molecule has 1 aromatic rings. The highest BCUT2D eigenvalue weighted by molar-refractivity contribution is 5.87. The van der Waals surface area contributed by atoms with Crippen molar-refractivity contribution >= 4 is 11.7 Å². The Hall–Kier alpha value is -1.84. The fourth-order valence-electron chi connectivity index (χ4n) is 1.93. The highest BCUT2D eigenvalue weighted by Crippen LogP contribution is 2.30. The van der Waals surface area contributed by atoms with E-state index in [1.54, 1.807) is 0 Å². The number of alkyl halides is 1. The lowest BCUT2D eigenvalue weighted by Gasteiger charge is -2.15. The van der Waals surface area contributed by atoms with Crippen molar-refractivity contribution in [3.05, 3.63) is 22.7 Å². The van der Waals surface area contributed by atoms with Crippen LogP contribution in [-0.4, -0.2) is 50.7 Å². The van der Waals surface area contributed by atoms with Gasteiger partial charge in [0, 0.05) is 13.1 Å². The van der Waals surface area contributed by atoms with E-state index < -0.39 is 42.8 Å². The zero-order chi connectivity index (χ0) is 14.9. The van der Waals surface area contributed by atoms with Crippen molar-refractivity contribution in [3.8, 4) is 0 Å². The summed E-state index contributed by atoms with van der Waals surface area (Å²) in [5.74, 6) is -0.364. The fourth-order valence-corrected chi connectivity index (χ4v) is 1.93. The molecule has 0 unspecified atom stereocenters. The van der Waals surface area contributed by atoms with Crippen molar-refractivity contribution in [2.75, 3.05) is 11.9 Å². The standard InChI is InChI=1S/C11H14FN3O5/c1-5(17)13-7-2-3-15(11(19)14-7)10-8(12)9(18)6(4-16)20-10/h2-3,6,8-10,16,18H,4H2,1H3,(H,13,14,17,19)/t6-,8-,9-,10-/m1/s1. The number of aliphatic hydroxyl groups excluding tert-OH is 2. The van der Waals surface area contributed by atoms with Crippen LogP contribution < -0.4 is 11.0 Å². The number of aliphatic hydroxyl groups is 2. The van der Waals surface area contributed by atoms with E-state index >= 15 is 0 Å². The van der Waals surface area contributed by atoms with Crippen LogP contribution in [0, 0.1) is 0 Å². The molecule has 1 fully saturated rings. The van der Waals surface area contributed by atoms with Crippen LogP contribution >= 0.6 is 0 Å². The van der Waals surface area contributed by atoms with Gasteiger partial charge in [0.1, 0.15) is 18.0 Å². The first kappa shape index (κ1) is 14.6. The van der Waals surface area contributed by atoms with Gasteiger partial charge in [-0.2, -0.15) is 4.98 Å². The highest BCUT2D eigenvalue weighted by Gasteiger charge is 2.45. The van der Waals surface area contributed by atoms with Crippen molar-refractivity contribution in [1.29, 1.82) is 0 Å². The first-order chi connectivity index (χ1) is 9.43. The fraction of sp³-hybridized carbons (Fsp3) is 0.545. The first-order valence-corrected chi connectivity index (χ1v) is 5.89. The number of rotatable bonds is 3. The molecule has 1 aromatic heterocycles. The quantitative estimate of drug-likeness (QED) is 0.643. The van der Waals surface area contributed by atoms with Crippen LogP contribution in [0.4, 0.5) is 10.2 Å². The zero-order valence-corrected chi connectivity index (χ0v) is 10.6. The average molecular weight is 287 g/mol. The summed E-state index contributed by atoms with van der Waals surface area (Å²) in [7, 11) is 0. The number of amides is 1. The maximum Gasteiger partial charge on any atom is 0.351 e. The van der Waals surface area contributed by atoms with Crippen molar-refractivity contribution in [2.24, 2.45) is 0 Å². The molecule has 0 aliphatic carbocycles. The van der Waals surface area contributed by atoms with Crippen LogP contribution in [0.3, 0.4) is 0 Å². The van der Waals surface area contributed by atoms with Gasteiger partial charge in [0.05, 0.1) is 6.61 Å². The minimum Gasteiger partial charge on any atom is -0.394 e. The SMILES string of the molecule is CC(=O)Nc1ccn([C@@H]2O[C@H](CO)[C@@H](O)[C@H]2F)c(=O)n1. The average Bonchev–Trinajstić information content (AvgIpc) is 2.66. The van der Waals surface area contributed by atoms with E-state index in [-0.39, 0.29) is 5.82 Å². The molecule has 2 rings (SSSR count). The van der Waals surface area contributed by atoms with Crippen LogP contribution in [0.15, 0.2) is 17.1 Å². The highest BCUT2D eigenvalue weighted by atomic mass is 19.1. The smallest absolute Gasteiger partial charge is 0.351 e. The van der Waals surface area contributed by atoms with Gasteiger partial charge in [0.15, 0.2) is 12.4 Å². The summed E-state index contributed by atoms with van der Waals surface area (Å²) < 4.78 is 19.8. The van der Waals surface area contributed by atoms with Crippen LogP contribution in [0.5, 0.6) is 0 Å². The van der Waals surface area contributed by atoms with E-state index in [0.29, 0.717) is 0 Å². The third-order valence-electron chi connectivity index (χ3n) is 2.88. The Morgan fingerprint density at radius 2 is 2.35 bits per heavy atom. The number of hydrogen-bond donors (Lipinski definition) is 3. The van der Waals surface area contributed by atoms with E-state index in [1.165, 1.54) is 19.2 Å². The van der Waals surface area contributed by atoms with Crippen LogP contribution in [0.1, 0.15) is 13.2 Å². The van der Waals surface area contributed by atoms with Crippen LogP contribution in [0.25, 0.3) is 0 Å². The maximum atomic E-state index is 13.9. The lowest BCUT2D eigenvalue weighted by atomic mass is 10.1. The number of carbonyl (C=O) groups is 1. The Bertz CT molecular complexity index is 563. The predicted molar refractivity (Wildman–Crippen MR) is 64.7 cm³/mol. The lowest BCUT2D eigenvalue weighted by Crippen LogP contribution is -2.33. The molecule has 8 nitrogen and oxygen atoms in total. The summed E-state index contributed by atoms with van der Waals surface area (Å²) in [6, 6.07) is 1.30. The summed E-state index contributed by atoms with van der Waals surface area (Å²) in [4.78, 5) is 26.2. The zero-order valence-electron chi connectivity index (χ0n) is 10.6. The second kappa shape index (κ2) is 5.65. The van der Waals surface area contributed by atoms with Gasteiger partial charge in [-0.15, -0.1) is 0 Å². The molecule has 110 valence electrons. The molecule has 0 aromatic carbocycles. The van der Waals surface area contributed by atoms with Crippen molar-refractivity contribution in [3.63, 3.8) is 0 Å². The van der Waals surface area contributed by atoms with Gasteiger partial charge in [0.2, 0.25) is 5.91 Å². The van der Waals surface area contributed by atoms with Gasteiger partial charge in [-0.25, -0.2) is 9.18 Å². The van der Waals surface area contributed by atoms with Gasteiger partial charge in [-0.3, -0.25) is 9.36 Å². The molecule has 1 aliphatic rings. The van der Waals surface area contributed by atoms with Crippen molar-refractivity contribution in [1.82, 2.24) is 9.55 Å². The van der Waals surface area contributed by atoms with Crippen LogP contribution in [0.2, 0.25) is 0 Å². The molecular weight excluding hydrogens is 273 g/mol. The molecule has 0 spiro atoms. The Morgan fingerprint density at radius 3 is 2.85 bits per heavy atom. The summed E-state index contributed by atoms with van der Waals surface area (Å²) in [5, 5.41) is 20.7. The molecule has 1 aliphatic heterocycles. The number of nitrogens with one attached hydrogen (secondary N) is 1.